The summed E-state index contributed by atoms with van der Waals surface area (Å²) in [7, 11) is 4.28. The summed E-state index contributed by atoms with van der Waals surface area (Å²) < 4.78 is 0. The lowest BCUT2D eigenvalue weighted by molar-refractivity contribution is 0.884. The van der Waals surface area contributed by atoms with Crippen LogP contribution in [0.2, 0.25) is 0 Å². The van der Waals surface area contributed by atoms with Gasteiger partial charge in [-0.15, -0.1) is 0 Å². The normalized spacial score (nSPS) is 10.5. The molecule has 3 rings (SSSR count). The molecule has 0 N–H and O–H groups in total. The first kappa shape index (κ1) is 17.1. The van der Waals surface area contributed by atoms with Crippen molar-refractivity contribution in [3.63, 3.8) is 0 Å². The molecule has 0 spiro atoms. The zero-order chi connectivity index (χ0) is 17.6. The maximum absolute atomic E-state index is 4.26. The van der Waals surface area contributed by atoms with Gasteiger partial charge < -0.3 is 9.80 Å². The molecule has 0 heterocycles. The Bertz CT molecular complexity index is 797. The lowest BCUT2D eigenvalue weighted by Gasteiger charge is -2.29. The average Bonchev–Trinajstić information content (AvgIpc) is 2.63. The van der Waals surface area contributed by atoms with E-state index in [0.29, 0.717) is 0 Å². The van der Waals surface area contributed by atoms with Crippen LogP contribution in [-0.2, 0) is 13.1 Å². The second-order valence-corrected chi connectivity index (χ2v) is 6.47. The summed E-state index contributed by atoms with van der Waals surface area (Å²) in [5, 5.41) is 0. The van der Waals surface area contributed by atoms with Crippen LogP contribution in [0.15, 0.2) is 78.9 Å². The molecule has 0 fully saturated rings. The van der Waals surface area contributed by atoms with Crippen LogP contribution in [0, 0.1) is 6.92 Å². The molecule has 0 aliphatic carbocycles. The second-order valence-electron chi connectivity index (χ2n) is 6.47. The maximum Gasteiger partial charge on any atom is 0.0637 e. The maximum atomic E-state index is 4.26. The zero-order valence-electron chi connectivity index (χ0n) is 15.0. The molecule has 127 valence electrons. The molecule has 0 aliphatic heterocycles. The summed E-state index contributed by atoms with van der Waals surface area (Å²) in [6, 6.07) is 27.4. The predicted molar refractivity (Wildman–Crippen MR) is 108 cm³/mol. The van der Waals surface area contributed by atoms with E-state index in [-0.39, 0.29) is 0 Å². The summed E-state index contributed by atoms with van der Waals surface area (Å²) >= 11 is 0. The molecule has 0 atom stereocenters. The molecule has 2 heteroatoms. The summed E-state index contributed by atoms with van der Waals surface area (Å²) in [6.45, 7) is 6.00. The molecule has 3 aromatic rings. The van der Waals surface area contributed by atoms with Gasteiger partial charge in [-0.1, -0.05) is 72.8 Å². The minimum absolute atomic E-state index is 0.861. The molecule has 0 unspecified atom stereocenters. The number of hydrogen-bond acceptors (Lipinski definition) is 2. The lowest BCUT2D eigenvalue weighted by Crippen LogP contribution is -2.23. The summed E-state index contributed by atoms with van der Waals surface area (Å²) in [5.41, 5.74) is 6.04. The van der Waals surface area contributed by atoms with Crippen molar-refractivity contribution in [1.29, 1.82) is 0 Å². The van der Waals surface area contributed by atoms with Crippen LogP contribution < -0.4 is 9.80 Å². The second kappa shape index (κ2) is 7.89. The van der Waals surface area contributed by atoms with Crippen LogP contribution in [0.5, 0.6) is 0 Å². The van der Waals surface area contributed by atoms with E-state index in [1.807, 2.05) is 0 Å². The molecule has 3 aromatic carbocycles. The number of rotatable bonds is 6. The SMILES string of the molecule is [CH2]c1cccc(N(C)Cc2ccccc2)c1N(C)Cc1ccccc1. The first-order chi connectivity index (χ1) is 12.1. The highest BCUT2D eigenvalue weighted by Gasteiger charge is 2.14. The largest absolute Gasteiger partial charge is 0.369 e. The van der Waals surface area contributed by atoms with Crippen LogP contribution in [0.25, 0.3) is 0 Å². The van der Waals surface area contributed by atoms with Crippen molar-refractivity contribution < 1.29 is 0 Å². The van der Waals surface area contributed by atoms with Gasteiger partial charge in [0.25, 0.3) is 0 Å². The minimum Gasteiger partial charge on any atom is -0.369 e. The molecule has 0 saturated carbocycles. The van der Waals surface area contributed by atoms with Gasteiger partial charge >= 0.3 is 0 Å². The molecule has 25 heavy (non-hydrogen) atoms. The van der Waals surface area contributed by atoms with Gasteiger partial charge in [-0.3, -0.25) is 0 Å². The van der Waals surface area contributed by atoms with Gasteiger partial charge in [0.05, 0.1) is 11.4 Å². The van der Waals surface area contributed by atoms with Gasteiger partial charge in [-0.25, -0.2) is 0 Å². The monoisotopic (exact) mass is 329 g/mol. The van der Waals surface area contributed by atoms with Gasteiger partial charge in [0, 0.05) is 27.2 Å². The van der Waals surface area contributed by atoms with Crippen molar-refractivity contribution in [1.82, 2.24) is 0 Å². The van der Waals surface area contributed by atoms with Crippen molar-refractivity contribution >= 4 is 11.4 Å². The summed E-state index contributed by atoms with van der Waals surface area (Å²) in [6.07, 6.45) is 0. The van der Waals surface area contributed by atoms with Crippen molar-refractivity contribution in [3.8, 4) is 0 Å². The van der Waals surface area contributed by atoms with Crippen LogP contribution in [0.4, 0.5) is 11.4 Å². The third-order valence-electron chi connectivity index (χ3n) is 4.42. The molecule has 0 bridgehead atoms. The Morgan fingerprint density at radius 3 is 1.72 bits per heavy atom. The minimum atomic E-state index is 0.861. The molecule has 0 saturated heterocycles. The summed E-state index contributed by atoms with van der Waals surface area (Å²) in [4.78, 5) is 4.58. The van der Waals surface area contributed by atoms with Gasteiger partial charge in [0.15, 0.2) is 0 Å². The Labute approximate surface area is 151 Å². The Hall–Kier alpha value is -2.74. The van der Waals surface area contributed by atoms with Crippen LogP contribution in [0.1, 0.15) is 16.7 Å². The Balaban J connectivity index is 1.86. The molecular weight excluding hydrogens is 304 g/mol. The van der Waals surface area contributed by atoms with Gasteiger partial charge in [0.1, 0.15) is 0 Å². The van der Waals surface area contributed by atoms with E-state index in [1.165, 1.54) is 22.5 Å². The molecule has 0 amide bonds. The highest BCUT2D eigenvalue weighted by Crippen LogP contribution is 2.33. The van der Waals surface area contributed by atoms with E-state index >= 15 is 0 Å². The van der Waals surface area contributed by atoms with Crippen LogP contribution in [-0.4, -0.2) is 14.1 Å². The fourth-order valence-corrected chi connectivity index (χ4v) is 3.21. The van der Waals surface area contributed by atoms with Crippen LogP contribution in [0.3, 0.4) is 0 Å². The average molecular weight is 329 g/mol. The van der Waals surface area contributed by atoms with Crippen molar-refractivity contribution in [2.45, 2.75) is 13.1 Å². The standard InChI is InChI=1S/C23H25N2/c1-19-11-10-16-22(24(2)17-20-12-6-4-7-13-20)23(19)25(3)18-21-14-8-5-9-15-21/h4-16H,1,17-18H2,2-3H3. The van der Waals surface area contributed by atoms with Gasteiger partial charge in [0.2, 0.25) is 0 Å². The van der Waals surface area contributed by atoms with Crippen molar-refractivity contribution in [2.24, 2.45) is 0 Å². The van der Waals surface area contributed by atoms with Gasteiger partial charge in [-0.2, -0.15) is 0 Å². The number of benzene rings is 3. The first-order valence-corrected chi connectivity index (χ1v) is 8.60. The van der Waals surface area contributed by atoms with E-state index in [4.69, 9.17) is 0 Å². The third-order valence-corrected chi connectivity index (χ3v) is 4.42. The smallest absolute Gasteiger partial charge is 0.0637 e. The zero-order valence-corrected chi connectivity index (χ0v) is 15.0. The first-order valence-electron chi connectivity index (χ1n) is 8.60. The number of para-hydroxylation sites is 1. The quantitative estimate of drug-likeness (QED) is 0.618. The highest BCUT2D eigenvalue weighted by molar-refractivity contribution is 5.75. The topological polar surface area (TPSA) is 6.48 Å². The highest BCUT2D eigenvalue weighted by atomic mass is 15.2. The van der Waals surface area contributed by atoms with E-state index in [9.17, 15) is 0 Å². The Morgan fingerprint density at radius 1 is 0.640 bits per heavy atom. The fraction of sp³-hybridized carbons (Fsp3) is 0.174. The number of hydrogen-bond donors (Lipinski definition) is 0. The Morgan fingerprint density at radius 2 is 1.16 bits per heavy atom. The van der Waals surface area contributed by atoms with E-state index in [1.54, 1.807) is 0 Å². The number of anilines is 2. The predicted octanol–water partition coefficient (Wildman–Crippen LogP) is 5.14. The Kier molecular flexibility index (Phi) is 5.39. The van der Waals surface area contributed by atoms with E-state index in [2.05, 4.69) is 110 Å². The molecule has 0 aromatic heterocycles. The van der Waals surface area contributed by atoms with Crippen molar-refractivity contribution in [3.05, 3.63) is 102 Å². The lowest BCUT2D eigenvalue weighted by atomic mass is 10.1. The number of nitrogens with zero attached hydrogens (tertiary/aromatic N) is 2. The molecule has 1 radical (unpaired) electrons. The van der Waals surface area contributed by atoms with E-state index < -0.39 is 0 Å². The van der Waals surface area contributed by atoms with Gasteiger partial charge in [-0.05, 0) is 29.7 Å². The van der Waals surface area contributed by atoms with E-state index in [0.717, 1.165) is 18.7 Å². The van der Waals surface area contributed by atoms with Crippen molar-refractivity contribution in [2.75, 3.05) is 23.9 Å². The summed E-state index contributed by atoms with van der Waals surface area (Å²) in [5.74, 6) is 0. The molecule has 0 aliphatic rings. The van der Waals surface area contributed by atoms with Crippen LogP contribution >= 0.6 is 0 Å². The molecule has 2 nitrogen and oxygen atoms in total. The molecular formula is C23H25N2. The third kappa shape index (κ3) is 4.21. The fourth-order valence-electron chi connectivity index (χ4n) is 3.21.